The highest BCUT2D eigenvalue weighted by atomic mass is 35.5. The molecule has 0 saturated carbocycles. The van der Waals surface area contributed by atoms with E-state index in [1.807, 2.05) is 12.1 Å². The number of ether oxygens (including phenoxy) is 1. The Balaban J connectivity index is 2.08. The molecule has 1 aromatic carbocycles. The van der Waals surface area contributed by atoms with Crippen molar-refractivity contribution in [2.45, 2.75) is 44.8 Å². The summed E-state index contributed by atoms with van der Waals surface area (Å²) in [7, 11) is 0. The summed E-state index contributed by atoms with van der Waals surface area (Å²) in [5, 5.41) is 4.36. The second-order valence-electron chi connectivity index (χ2n) is 5.21. The normalized spacial score (nSPS) is 25.3. The fourth-order valence-corrected chi connectivity index (χ4v) is 2.81. The van der Waals surface area contributed by atoms with Gasteiger partial charge in [0.05, 0.1) is 5.60 Å². The molecule has 1 aliphatic rings. The zero-order valence-electron chi connectivity index (χ0n) is 11.2. The minimum atomic E-state index is -0.0321. The van der Waals surface area contributed by atoms with Gasteiger partial charge in [0.15, 0.2) is 0 Å². The van der Waals surface area contributed by atoms with Gasteiger partial charge in [0.25, 0.3) is 0 Å². The molecular formula is C15H22ClNO. The Morgan fingerprint density at radius 3 is 2.67 bits per heavy atom. The van der Waals surface area contributed by atoms with Gasteiger partial charge in [0, 0.05) is 17.7 Å². The number of rotatable bonds is 5. The van der Waals surface area contributed by atoms with Gasteiger partial charge in [-0.15, -0.1) is 0 Å². The van der Waals surface area contributed by atoms with Crippen molar-refractivity contribution < 1.29 is 4.74 Å². The summed E-state index contributed by atoms with van der Waals surface area (Å²) in [6.07, 6.45) is 3.29. The van der Waals surface area contributed by atoms with E-state index in [1.165, 1.54) is 12.0 Å². The zero-order chi connectivity index (χ0) is 13.0. The first kappa shape index (κ1) is 13.9. The van der Waals surface area contributed by atoms with Crippen molar-refractivity contribution in [2.24, 2.45) is 0 Å². The zero-order valence-corrected chi connectivity index (χ0v) is 12.0. The average molecular weight is 268 g/mol. The Bertz CT molecular complexity index is 371. The van der Waals surface area contributed by atoms with Gasteiger partial charge in [-0.1, -0.05) is 30.7 Å². The third kappa shape index (κ3) is 3.25. The Labute approximate surface area is 115 Å². The van der Waals surface area contributed by atoms with Crippen LogP contribution in [0, 0.1) is 0 Å². The van der Waals surface area contributed by atoms with E-state index in [9.17, 15) is 0 Å². The highest BCUT2D eigenvalue weighted by Crippen LogP contribution is 2.30. The van der Waals surface area contributed by atoms with Crippen molar-refractivity contribution in [2.75, 3.05) is 13.2 Å². The van der Waals surface area contributed by atoms with Crippen molar-refractivity contribution in [3.8, 4) is 0 Å². The maximum atomic E-state index is 5.96. The lowest BCUT2D eigenvalue weighted by atomic mass is 9.88. The lowest BCUT2D eigenvalue weighted by molar-refractivity contribution is -0.0110. The van der Waals surface area contributed by atoms with Crippen LogP contribution in [0.2, 0.25) is 5.02 Å². The molecule has 0 aliphatic carbocycles. The van der Waals surface area contributed by atoms with E-state index in [4.69, 9.17) is 16.3 Å². The first-order chi connectivity index (χ1) is 8.64. The van der Waals surface area contributed by atoms with Gasteiger partial charge in [-0.25, -0.2) is 0 Å². The third-order valence-electron chi connectivity index (χ3n) is 3.79. The minimum Gasteiger partial charge on any atom is -0.374 e. The molecular weight excluding hydrogens is 246 g/mol. The molecule has 1 saturated heterocycles. The first-order valence-corrected chi connectivity index (χ1v) is 7.13. The Hall–Kier alpha value is -0.570. The average Bonchev–Trinajstić information content (AvgIpc) is 2.80. The summed E-state index contributed by atoms with van der Waals surface area (Å²) in [6.45, 7) is 6.23. The summed E-state index contributed by atoms with van der Waals surface area (Å²) < 4.78 is 5.96. The Kier molecular flexibility index (Phi) is 4.66. The lowest BCUT2D eigenvalue weighted by Gasteiger charge is -2.34. The van der Waals surface area contributed by atoms with Gasteiger partial charge in [0.1, 0.15) is 0 Å². The van der Waals surface area contributed by atoms with E-state index in [2.05, 4.69) is 31.3 Å². The van der Waals surface area contributed by atoms with Crippen molar-refractivity contribution in [3.05, 3.63) is 34.9 Å². The Morgan fingerprint density at radius 1 is 1.39 bits per heavy atom. The first-order valence-electron chi connectivity index (χ1n) is 6.76. The fraction of sp³-hybridized carbons (Fsp3) is 0.600. The standard InChI is InChI=1S/C15H22ClNO/c1-3-17-14(15(2)9-4-10-18-15)11-12-5-7-13(16)8-6-12/h5-8,14,17H,3-4,9-11H2,1-2H3. The molecule has 3 heteroatoms. The molecule has 2 atom stereocenters. The van der Waals surface area contributed by atoms with E-state index in [0.717, 1.165) is 31.0 Å². The number of hydrogen-bond donors (Lipinski definition) is 1. The largest absolute Gasteiger partial charge is 0.374 e. The van der Waals surface area contributed by atoms with Gasteiger partial charge >= 0.3 is 0 Å². The van der Waals surface area contributed by atoms with Crippen LogP contribution in [0.4, 0.5) is 0 Å². The van der Waals surface area contributed by atoms with Crippen molar-refractivity contribution in [1.82, 2.24) is 5.32 Å². The molecule has 1 aliphatic heterocycles. The summed E-state index contributed by atoms with van der Waals surface area (Å²) >= 11 is 5.92. The van der Waals surface area contributed by atoms with Crippen molar-refractivity contribution in [1.29, 1.82) is 0 Å². The smallest absolute Gasteiger partial charge is 0.0810 e. The Morgan fingerprint density at radius 2 is 2.11 bits per heavy atom. The summed E-state index contributed by atoms with van der Waals surface area (Å²) in [5.74, 6) is 0. The molecule has 0 radical (unpaired) electrons. The molecule has 0 amide bonds. The SMILES string of the molecule is CCNC(Cc1ccc(Cl)cc1)C1(C)CCCO1. The number of nitrogens with one attached hydrogen (secondary N) is 1. The van der Waals surface area contributed by atoms with Gasteiger partial charge in [0.2, 0.25) is 0 Å². The molecule has 1 N–H and O–H groups in total. The van der Waals surface area contributed by atoms with Crippen LogP contribution in [0.1, 0.15) is 32.3 Å². The number of benzene rings is 1. The predicted molar refractivity (Wildman–Crippen MR) is 76.2 cm³/mol. The predicted octanol–water partition coefficient (Wildman–Crippen LogP) is 3.43. The molecule has 2 nitrogen and oxygen atoms in total. The molecule has 2 rings (SSSR count). The summed E-state index contributed by atoms with van der Waals surface area (Å²) in [6, 6.07) is 8.48. The van der Waals surface area contributed by atoms with Crippen molar-refractivity contribution in [3.63, 3.8) is 0 Å². The van der Waals surface area contributed by atoms with Crippen LogP contribution in [0.15, 0.2) is 24.3 Å². The number of hydrogen-bond acceptors (Lipinski definition) is 2. The van der Waals surface area contributed by atoms with Crippen LogP contribution in [-0.2, 0) is 11.2 Å². The van der Waals surface area contributed by atoms with Crippen LogP contribution < -0.4 is 5.32 Å². The molecule has 100 valence electrons. The van der Waals surface area contributed by atoms with Crippen LogP contribution in [-0.4, -0.2) is 24.8 Å². The van der Waals surface area contributed by atoms with Crippen LogP contribution >= 0.6 is 11.6 Å². The second-order valence-corrected chi connectivity index (χ2v) is 5.64. The monoisotopic (exact) mass is 267 g/mol. The van der Waals surface area contributed by atoms with Gasteiger partial charge in [-0.05, 0) is 50.4 Å². The molecule has 1 fully saturated rings. The van der Waals surface area contributed by atoms with Gasteiger partial charge in [-0.2, -0.15) is 0 Å². The maximum absolute atomic E-state index is 5.96. The van der Waals surface area contributed by atoms with Crippen LogP contribution in [0.5, 0.6) is 0 Å². The molecule has 1 heterocycles. The van der Waals surface area contributed by atoms with Crippen LogP contribution in [0.3, 0.4) is 0 Å². The molecule has 2 unspecified atom stereocenters. The van der Waals surface area contributed by atoms with E-state index < -0.39 is 0 Å². The van der Waals surface area contributed by atoms with E-state index in [1.54, 1.807) is 0 Å². The molecule has 0 bridgehead atoms. The maximum Gasteiger partial charge on any atom is 0.0810 e. The summed E-state index contributed by atoms with van der Waals surface area (Å²) in [4.78, 5) is 0. The molecule has 18 heavy (non-hydrogen) atoms. The lowest BCUT2D eigenvalue weighted by Crippen LogP contribution is -2.49. The highest BCUT2D eigenvalue weighted by molar-refractivity contribution is 6.30. The summed E-state index contributed by atoms with van der Waals surface area (Å²) in [5.41, 5.74) is 1.28. The third-order valence-corrected chi connectivity index (χ3v) is 4.04. The van der Waals surface area contributed by atoms with E-state index in [0.29, 0.717) is 6.04 Å². The van der Waals surface area contributed by atoms with E-state index in [-0.39, 0.29) is 5.60 Å². The number of halogens is 1. The quantitative estimate of drug-likeness (QED) is 0.883. The molecule has 0 aromatic heterocycles. The number of likely N-dealkylation sites (N-methyl/N-ethyl adjacent to an activating group) is 1. The van der Waals surface area contributed by atoms with E-state index >= 15 is 0 Å². The topological polar surface area (TPSA) is 21.3 Å². The van der Waals surface area contributed by atoms with Crippen molar-refractivity contribution >= 4 is 11.6 Å². The second kappa shape index (κ2) is 6.05. The van der Waals surface area contributed by atoms with Gasteiger partial charge < -0.3 is 10.1 Å². The van der Waals surface area contributed by atoms with Gasteiger partial charge in [-0.3, -0.25) is 0 Å². The molecule has 1 aromatic rings. The highest BCUT2D eigenvalue weighted by Gasteiger charge is 2.37. The molecule has 0 spiro atoms. The minimum absolute atomic E-state index is 0.0321. The fourth-order valence-electron chi connectivity index (χ4n) is 2.68. The van der Waals surface area contributed by atoms with Crippen LogP contribution in [0.25, 0.3) is 0 Å².